The molecule has 2 aliphatic heterocycles. The molecule has 0 bridgehead atoms. The number of nitrogens with zero attached hydrogens (tertiary/aromatic N) is 2. The summed E-state index contributed by atoms with van der Waals surface area (Å²) in [7, 11) is 0. The van der Waals surface area contributed by atoms with E-state index >= 15 is 0 Å². The second-order valence-corrected chi connectivity index (χ2v) is 6.23. The van der Waals surface area contributed by atoms with E-state index in [4.69, 9.17) is 23.2 Å². The molecular weight excluding hydrogens is 279 g/mol. The molecule has 1 aromatic rings. The van der Waals surface area contributed by atoms with Gasteiger partial charge in [-0.05, 0) is 43.5 Å². The zero-order valence-corrected chi connectivity index (χ0v) is 12.6. The molecule has 2 heterocycles. The molecule has 4 heteroatoms. The van der Waals surface area contributed by atoms with E-state index in [1.54, 1.807) is 0 Å². The SMILES string of the molecule is ClCc1ccc(N2CCCN3CCCC3C2)c(Cl)c1. The Balaban J connectivity index is 1.80. The van der Waals surface area contributed by atoms with Gasteiger partial charge in [-0.25, -0.2) is 0 Å². The summed E-state index contributed by atoms with van der Waals surface area (Å²) in [6.07, 6.45) is 3.90. The highest BCUT2D eigenvalue weighted by Crippen LogP contribution is 2.31. The molecule has 2 aliphatic rings. The minimum absolute atomic E-state index is 0.524. The maximum absolute atomic E-state index is 6.42. The molecule has 0 N–H and O–H groups in total. The summed E-state index contributed by atoms with van der Waals surface area (Å²) in [4.78, 5) is 5.09. The first-order valence-electron chi connectivity index (χ1n) is 7.11. The van der Waals surface area contributed by atoms with Crippen molar-refractivity contribution in [1.82, 2.24) is 4.90 Å². The Labute approximate surface area is 125 Å². The topological polar surface area (TPSA) is 6.48 Å². The number of alkyl halides is 1. The molecule has 104 valence electrons. The molecule has 1 aromatic carbocycles. The predicted molar refractivity (Wildman–Crippen MR) is 82.4 cm³/mol. The van der Waals surface area contributed by atoms with Crippen LogP contribution in [0.25, 0.3) is 0 Å². The third kappa shape index (κ3) is 2.86. The zero-order chi connectivity index (χ0) is 13.2. The van der Waals surface area contributed by atoms with Crippen LogP contribution in [0.4, 0.5) is 5.69 Å². The third-order valence-corrected chi connectivity index (χ3v) is 4.92. The quantitative estimate of drug-likeness (QED) is 0.767. The Morgan fingerprint density at radius 3 is 2.79 bits per heavy atom. The van der Waals surface area contributed by atoms with Gasteiger partial charge in [0.15, 0.2) is 0 Å². The highest BCUT2D eigenvalue weighted by Gasteiger charge is 2.29. The van der Waals surface area contributed by atoms with Gasteiger partial charge in [0.2, 0.25) is 0 Å². The van der Waals surface area contributed by atoms with Crippen LogP contribution in [0.3, 0.4) is 0 Å². The Hall–Kier alpha value is -0.440. The lowest BCUT2D eigenvalue weighted by Crippen LogP contribution is -2.36. The first-order chi connectivity index (χ1) is 9.28. The van der Waals surface area contributed by atoms with E-state index in [0.717, 1.165) is 23.7 Å². The first-order valence-corrected chi connectivity index (χ1v) is 8.02. The van der Waals surface area contributed by atoms with Crippen molar-refractivity contribution >= 4 is 28.9 Å². The largest absolute Gasteiger partial charge is 0.369 e. The van der Waals surface area contributed by atoms with Gasteiger partial charge in [-0.1, -0.05) is 17.7 Å². The number of rotatable bonds is 2. The van der Waals surface area contributed by atoms with Crippen molar-refractivity contribution in [3.63, 3.8) is 0 Å². The lowest BCUT2D eigenvalue weighted by molar-refractivity contribution is 0.273. The van der Waals surface area contributed by atoms with Crippen molar-refractivity contribution in [1.29, 1.82) is 0 Å². The number of anilines is 1. The molecule has 1 unspecified atom stereocenters. The van der Waals surface area contributed by atoms with Gasteiger partial charge in [0.25, 0.3) is 0 Å². The zero-order valence-electron chi connectivity index (χ0n) is 11.1. The second-order valence-electron chi connectivity index (χ2n) is 5.55. The Morgan fingerprint density at radius 2 is 2.00 bits per heavy atom. The molecule has 0 spiro atoms. The minimum atomic E-state index is 0.524. The fraction of sp³-hybridized carbons (Fsp3) is 0.600. The van der Waals surface area contributed by atoms with Crippen LogP contribution in [0.15, 0.2) is 18.2 Å². The maximum Gasteiger partial charge on any atom is 0.0642 e. The van der Waals surface area contributed by atoms with Gasteiger partial charge in [0.05, 0.1) is 10.7 Å². The maximum atomic E-state index is 6.42. The molecule has 0 radical (unpaired) electrons. The number of hydrogen-bond acceptors (Lipinski definition) is 2. The number of halogens is 2. The van der Waals surface area contributed by atoms with E-state index in [1.165, 1.54) is 38.0 Å². The molecule has 0 saturated carbocycles. The third-order valence-electron chi connectivity index (χ3n) is 4.31. The van der Waals surface area contributed by atoms with Crippen LogP contribution in [0.5, 0.6) is 0 Å². The highest BCUT2D eigenvalue weighted by molar-refractivity contribution is 6.33. The lowest BCUT2D eigenvalue weighted by Gasteiger charge is -2.28. The molecule has 0 amide bonds. The van der Waals surface area contributed by atoms with Crippen LogP contribution in [-0.4, -0.2) is 37.1 Å². The van der Waals surface area contributed by atoms with E-state index < -0.39 is 0 Å². The van der Waals surface area contributed by atoms with Gasteiger partial charge in [0.1, 0.15) is 0 Å². The van der Waals surface area contributed by atoms with Crippen molar-refractivity contribution in [2.45, 2.75) is 31.2 Å². The Bertz CT molecular complexity index is 450. The first kappa shape index (κ1) is 13.5. The fourth-order valence-corrected chi connectivity index (χ4v) is 3.80. The van der Waals surface area contributed by atoms with Gasteiger partial charge in [-0.3, -0.25) is 4.90 Å². The molecule has 19 heavy (non-hydrogen) atoms. The monoisotopic (exact) mass is 298 g/mol. The number of fused-ring (bicyclic) bond motifs is 1. The van der Waals surface area contributed by atoms with Crippen LogP contribution in [0.1, 0.15) is 24.8 Å². The Morgan fingerprint density at radius 1 is 1.16 bits per heavy atom. The van der Waals surface area contributed by atoms with E-state index in [2.05, 4.69) is 21.9 Å². The van der Waals surface area contributed by atoms with Crippen LogP contribution in [-0.2, 0) is 5.88 Å². The normalized spacial score (nSPS) is 24.3. The standard InChI is InChI=1S/C15H20Cl2N2/c16-10-12-4-5-15(14(17)9-12)19-8-2-7-18-6-1-3-13(18)11-19/h4-5,9,13H,1-3,6-8,10-11H2. The van der Waals surface area contributed by atoms with Crippen molar-refractivity contribution in [2.75, 3.05) is 31.1 Å². The fourth-order valence-electron chi connectivity index (χ4n) is 3.32. The van der Waals surface area contributed by atoms with E-state index in [0.29, 0.717) is 11.9 Å². The summed E-state index contributed by atoms with van der Waals surface area (Å²) in [5, 5.41) is 0.838. The molecule has 2 fully saturated rings. The van der Waals surface area contributed by atoms with E-state index in [-0.39, 0.29) is 0 Å². The predicted octanol–water partition coefficient (Wildman–Crippen LogP) is 3.75. The second kappa shape index (κ2) is 5.90. The summed E-state index contributed by atoms with van der Waals surface area (Å²) >= 11 is 12.3. The smallest absolute Gasteiger partial charge is 0.0642 e. The summed E-state index contributed by atoms with van der Waals surface area (Å²) < 4.78 is 0. The molecule has 3 rings (SSSR count). The molecule has 2 nitrogen and oxygen atoms in total. The molecule has 0 aromatic heterocycles. The van der Waals surface area contributed by atoms with Gasteiger partial charge >= 0.3 is 0 Å². The number of hydrogen-bond donors (Lipinski definition) is 0. The Kier molecular flexibility index (Phi) is 4.21. The van der Waals surface area contributed by atoms with E-state index in [1.807, 2.05) is 6.07 Å². The van der Waals surface area contributed by atoms with Crippen molar-refractivity contribution in [2.24, 2.45) is 0 Å². The van der Waals surface area contributed by atoms with Gasteiger partial charge < -0.3 is 4.90 Å². The van der Waals surface area contributed by atoms with Crippen LogP contribution in [0.2, 0.25) is 5.02 Å². The molecular formula is C15H20Cl2N2. The molecule has 1 atom stereocenters. The van der Waals surface area contributed by atoms with Crippen LogP contribution in [0, 0.1) is 0 Å². The minimum Gasteiger partial charge on any atom is -0.369 e. The summed E-state index contributed by atoms with van der Waals surface area (Å²) in [5.41, 5.74) is 2.26. The van der Waals surface area contributed by atoms with Gasteiger partial charge in [-0.15, -0.1) is 11.6 Å². The van der Waals surface area contributed by atoms with Crippen LogP contribution >= 0.6 is 23.2 Å². The average molecular weight is 299 g/mol. The lowest BCUT2D eigenvalue weighted by atomic mass is 10.1. The highest BCUT2D eigenvalue weighted by atomic mass is 35.5. The summed E-state index contributed by atoms with van der Waals surface area (Å²) in [6, 6.07) is 6.93. The van der Waals surface area contributed by atoms with Crippen molar-refractivity contribution in [3.05, 3.63) is 28.8 Å². The molecule has 0 aliphatic carbocycles. The van der Waals surface area contributed by atoms with Gasteiger partial charge in [0, 0.05) is 31.6 Å². The average Bonchev–Trinajstić information content (AvgIpc) is 2.76. The molecule has 2 saturated heterocycles. The van der Waals surface area contributed by atoms with Crippen LogP contribution < -0.4 is 4.90 Å². The van der Waals surface area contributed by atoms with Crippen molar-refractivity contribution in [3.8, 4) is 0 Å². The van der Waals surface area contributed by atoms with E-state index in [9.17, 15) is 0 Å². The summed E-state index contributed by atoms with van der Waals surface area (Å²) in [6.45, 7) is 4.73. The van der Waals surface area contributed by atoms with Crippen molar-refractivity contribution < 1.29 is 0 Å². The number of benzene rings is 1. The van der Waals surface area contributed by atoms with Gasteiger partial charge in [-0.2, -0.15) is 0 Å². The summed E-state index contributed by atoms with van der Waals surface area (Å²) in [5.74, 6) is 0.524.